The fraction of sp³-hybridized carbons (Fsp3) is 0.750. The molecule has 1 fully saturated rings. The summed E-state index contributed by atoms with van der Waals surface area (Å²) in [6.07, 6.45) is -0.595. The minimum Gasteiger partial charge on any atom is -0.392 e. The van der Waals surface area contributed by atoms with E-state index in [4.69, 9.17) is 5.11 Å². The third-order valence-corrected chi connectivity index (χ3v) is 1.88. The zero-order chi connectivity index (χ0) is 10.0. The topological polar surface area (TPSA) is 69.6 Å². The molecule has 13 heavy (non-hydrogen) atoms. The van der Waals surface area contributed by atoms with Gasteiger partial charge in [0.1, 0.15) is 6.04 Å². The van der Waals surface area contributed by atoms with Gasteiger partial charge < -0.3 is 15.3 Å². The van der Waals surface area contributed by atoms with Crippen molar-refractivity contribution in [2.24, 2.45) is 0 Å². The van der Waals surface area contributed by atoms with Crippen LogP contribution in [0.15, 0.2) is 0 Å². The van der Waals surface area contributed by atoms with E-state index in [1.54, 1.807) is 13.8 Å². The summed E-state index contributed by atoms with van der Waals surface area (Å²) in [5.41, 5.74) is 0. The van der Waals surface area contributed by atoms with Gasteiger partial charge in [0.25, 0.3) is 0 Å². The standard InChI is InChI=1S/C8H14N2O3/c1-5(11)3-10-4-7(12)9-6(2)8(10)13/h5-6,11H,3-4H2,1-2H3,(H,9,12). The predicted octanol–water partition coefficient (Wildman–Crippen LogP) is -1.29. The van der Waals surface area contributed by atoms with Crippen molar-refractivity contribution < 1.29 is 14.7 Å². The van der Waals surface area contributed by atoms with Gasteiger partial charge in [-0.1, -0.05) is 0 Å². The van der Waals surface area contributed by atoms with Gasteiger partial charge in [0.05, 0.1) is 12.6 Å². The highest BCUT2D eigenvalue weighted by Crippen LogP contribution is 2.02. The Morgan fingerprint density at radius 3 is 2.85 bits per heavy atom. The third-order valence-electron chi connectivity index (χ3n) is 1.88. The quantitative estimate of drug-likeness (QED) is 0.564. The second-order valence-corrected chi connectivity index (χ2v) is 3.36. The maximum absolute atomic E-state index is 11.4. The molecule has 2 atom stereocenters. The lowest BCUT2D eigenvalue weighted by Gasteiger charge is -2.31. The number of β-amino-alcohol motifs (C(OH)–C–C–N with tert-alkyl or cyclic N) is 1. The van der Waals surface area contributed by atoms with Crippen molar-refractivity contribution in [3.8, 4) is 0 Å². The van der Waals surface area contributed by atoms with Crippen LogP contribution in [0.1, 0.15) is 13.8 Å². The summed E-state index contributed by atoms with van der Waals surface area (Å²) in [6, 6.07) is -0.472. The fourth-order valence-electron chi connectivity index (χ4n) is 1.35. The Morgan fingerprint density at radius 2 is 2.31 bits per heavy atom. The van der Waals surface area contributed by atoms with Crippen LogP contribution in [0, 0.1) is 0 Å². The van der Waals surface area contributed by atoms with E-state index in [2.05, 4.69) is 5.32 Å². The molecule has 0 saturated carbocycles. The first-order chi connectivity index (χ1) is 6.00. The monoisotopic (exact) mass is 186 g/mol. The van der Waals surface area contributed by atoms with Crippen LogP contribution in [0.4, 0.5) is 0 Å². The fourth-order valence-corrected chi connectivity index (χ4v) is 1.35. The van der Waals surface area contributed by atoms with Gasteiger partial charge in [0.2, 0.25) is 11.8 Å². The molecule has 5 nitrogen and oxygen atoms in total. The summed E-state index contributed by atoms with van der Waals surface area (Å²) in [7, 11) is 0. The smallest absolute Gasteiger partial charge is 0.245 e. The molecule has 1 heterocycles. The molecular formula is C8H14N2O3. The third kappa shape index (κ3) is 2.42. The lowest BCUT2D eigenvalue weighted by atomic mass is 10.2. The number of nitrogens with one attached hydrogen (secondary N) is 1. The second-order valence-electron chi connectivity index (χ2n) is 3.36. The van der Waals surface area contributed by atoms with Gasteiger partial charge in [-0.3, -0.25) is 9.59 Å². The van der Waals surface area contributed by atoms with Crippen molar-refractivity contribution in [1.82, 2.24) is 10.2 Å². The van der Waals surface area contributed by atoms with Crippen LogP contribution in [-0.4, -0.2) is 47.1 Å². The Bertz CT molecular complexity index is 227. The number of nitrogens with zero attached hydrogens (tertiary/aromatic N) is 1. The lowest BCUT2D eigenvalue weighted by Crippen LogP contribution is -2.57. The van der Waals surface area contributed by atoms with Crippen LogP contribution in [0.25, 0.3) is 0 Å². The minimum absolute atomic E-state index is 0.0497. The van der Waals surface area contributed by atoms with Crippen LogP contribution in [-0.2, 0) is 9.59 Å². The first kappa shape index (κ1) is 9.98. The lowest BCUT2D eigenvalue weighted by molar-refractivity contribution is -0.144. The Balaban J connectivity index is 2.61. The van der Waals surface area contributed by atoms with Crippen molar-refractivity contribution in [3.05, 3.63) is 0 Å². The number of amides is 2. The van der Waals surface area contributed by atoms with E-state index in [1.807, 2.05) is 0 Å². The van der Waals surface area contributed by atoms with E-state index < -0.39 is 12.1 Å². The molecule has 0 aromatic carbocycles. The summed E-state index contributed by atoms with van der Waals surface area (Å²) in [5.74, 6) is -0.312. The van der Waals surface area contributed by atoms with Gasteiger partial charge in [-0.05, 0) is 13.8 Å². The van der Waals surface area contributed by atoms with Crippen molar-refractivity contribution in [3.63, 3.8) is 0 Å². The maximum atomic E-state index is 11.4. The number of carbonyl (C=O) groups excluding carboxylic acids is 2. The van der Waals surface area contributed by atoms with Crippen LogP contribution in [0.3, 0.4) is 0 Å². The molecule has 2 unspecified atom stereocenters. The Morgan fingerprint density at radius 1 is 1.69 bits per heavy atom. The number of rotatable bonds is 2. The SMILES string of the molecule is CC(O)CN1CC(=O)NC(C)C1=O. The highest BCUT2D eigenvalue weighted by atomic mass is 16.3. The predicted molar refractivity (Wildman–Crippen MR) is 45.9 cm³/mol. The molecule has 1 saturated heterocycles. The zero-order valence-corrected chi connectivity index (χ0v) is 7.78. The van der Waals surface area contributed by atoms with E-state index in [9.17, 15) is 9.59 Å². The average molecular weight is 186 g/mol. The Labute approximate surface area is 76.7 Å². The van der Waals surface area contributed by atoms with E-state index >= 15 is 0 Å². The van der Waals surface area contributed by atoms with Crippen molar-refractivity contribution in [2.45, 2.75) is 26.0 Å². The van der Waals surface area contributed by atoms with Crippen LogP contribution >= 0.6 is 0 Å². The molecule has 5 heteroatoms. The summed E-state index contributed by atoms with van der Waals surface area (Å²) < 4.78 is 0. The molecule has 2 N–H and O–H groups in total. The molecule has 1 aliphatic heterocycles. The first-order valence-electron chi connectivity index (χ1n) is 4.27. The molecule has 0 aliphatic carbocycles. The molecule has 0 spiro atoms. The summed E-state index contributed by atoms with van der Waals surface area (Å²) >= 11 is 0. The molecule has 1 rings (SSSR count). The summed E-state index contributed by atoms with van der Waals surface area (Å²) in [6.45, 7) is 3.49. The molecular weight excluding hydrogens is 172 g/mol. The van der Waals surface area contributed by atoms with Gasteiger partial charge in [-0.25, -0.2) is 0 Å². The van der Waals surface area contributed by atoms with Crippen molar-refractivity contribution >= 4 is 11.8 Å². The largest absolute Gasteiger partial charge is 0.392 e. The van der Waals surface area contributed by atoms with E-state index in [0.717, 1.165) is 0 Å². The van der Waals surface area contributed by atoms with E-state index in [0.29, 0.717) is 0 Å². The van der Waals surface area contributed by atoms with Crippen molar-refractivity contribution in [2.75, 3.05) is 13.1 Å². The summed E-state index contributed by atoms with van der Waals surface area (Å²) in [4.78, 5) is 23.8. The number of aliphatic hydroxyl groups is 1. The molecule has 0 bridgehead atoms. The van der Waals surface area contributed by atoms with Crippen LogP contribution < -0.4 is 5.32 Å². The zero-order valence-electron chi connectivity index (χ0n) is 7.78. The molecule has 0 radical (unpaired) electrons. The second kappa shape index (κ2) is 3.74. The van der Waals surface area contributed by atoms with Crippen molar-refractivity contribution in [1.29, 1.82) is 0 Å². The van der Waals surface area contributed by atoms with E-state index in [1.165, 1.54) is 4.90 Å². The van der Waals surface area contributed by atoms with Gasteiger partial charge in [-0.15, -0.1) is 0 Å². The Kier molecular flexibility index (Phi) is 2.87. The average Bonchev–Trinajstić information content (AvgIpc) is 1.98. The number of aliphatic hydroxyl groups excluding tert-OH is 1. The molecule has 0 aromatic rings. The van der Waals surface area contributed by atoms with E-state index in [-0.39, 0.29) is 24.9 Å². The van der Waals surface area contributed by atoms with Gasteiger partial charge in [0, 0.05) is 6.54 Å². The van der Waals surface area contributed by atoms with Gasteiger partial charge >= 0.3 is 0 Å². The molecule has 0 aromatic heterocycles. The normalized spacial score (nSPS) is 25.8. The van der Waals surface area contributed by atoms with Crippen LogP contribution in [0.2, 0.25) is 0 Å². The van der Waals surface area contributed by atoms with Gasteiger partial charge in [0.15, 0.2) is 0 Å². The molecule has 2 amide bonds. The molecule has 1 aliphatic rings. The maximum Gasteiger partial charge on any atom is 0.245 e. The highest BCUT2D eigenvalue weighted by molar-refractivity contribution is 5.94. The minimum atomic E-state index is -0.595. The van der Waals surface area contributed by atoms with Crippen LogP contribution in [0.5, 0.6) is 0 Å². The first-order valence-corrected chi connectivity index (χ1v) is 4.27. The molecule has 74 valence electrons. The number of piperazine rings is 1. The van der Waals surface area contributed by atoms with Gasteiger partial charge in [-0.2, -0.15) is 0 Å². The number of carbonyl (C=O) groups is 2. The highest BCUT2D eigenvalue weighted by Gasteiger charge is 2.29. The number of hydrogen-bond acceptors (Lipinski definition) is 3. The number of hydrogen-bond donors (Lipinski definition) is 2. The summed E-state index contributed by atoms with van der Waals surface area (Å²) in [5, 5.41) is 11.6. The Hall–Kier alpha value is -1.10.